The van der Waals surface area contributed by atoms with E-state index in [2.05, 4.69) is 10.3 Å². The van der Waals surface area contributed by atoms with Gasteiger partial charge in [-0.3, -0.25) is 4.99 Å². The summed E-state index contributed by atoms with van der Waals surface area (Å²) in [5.74, 6) is 0.707. The van der Waals surface area contributed by atoms with Crippen LogP contribution < -0.4 is 5.32 Å². The van der Waals surface area contributed by atoms with Gasteiger partial charge in [0, 0.05) is 27.2 Å². The molecule has 0 aromatic heterocycles. The van der Waals surface area contributed by atoms with Crippen molar-refractivity contribution in [2.24, 2.45) is 4.99 Å². The van der Waals surface area contributed by atoms with Crippen LogP contribution in [0, 0.1) is 12.7 Å². The number of guanidine groups is 1. The Morgan fingerprint density at radius 2 is 2.05 bits per heavy atom. The van der Waals surface area contributed by atoms with Crippen LogP contribution in [0.4, 0.5) is 4.39 Å². The molecule has 1 rings (SSSR count). The molecule has 0 spiro atoms. The van der Waals surface area contributed by atoms with E-state index in [1.165, 1.54) is 6.07 Å². The van der Waals surface area contributed by atoms with Crippen molar-refractivity contribution >= 4 is 29.9 Å². The maximum Gasteiger partial charge on any atom is 0.193 e. The van der Waals surface area contributed by atoms with Crippen molar-refractivity contribution in [3.8, 4) is 0 Å². The zero-order valence-electron chi connectivity index (χ0n) is 12.0. The van der Waals surface area contributed by atoms with E-state index in [0.29, 0.717) is 6.54 Å². The molecule has 0 bridgehead atoms. The van der Waals surface area contributed by atoms with Crippen LogP contribution in [0.15, 0.2) is 23.2 Å². The molecule has 0 unspecified atom stereocenters. The van der Waals surface area contributed by atoms with E-state index in [-0.39, 0.29) is 29.8 Å². The fraction of sp³-hybridized carbons (Fsp3) is 0.500. The van der Waals surface area contributed by atoms with E-state index in [1.54, 1.807) is 6.07 Å². The first-order valence-electron chi connectivity index (χ1n) is 6.25. The maximum atomic E-state index is 13.0. The van der Waals surface area contributed by atoms with Crippen LogP contribution in [-0.4, -0.2) is 38.0 Å². The summed E-state index contributed by atoms with van der Waals surface area (Å²) in [4.78, 5) is 6.47. The predicted molar refractivity (Wildman–Crippen MR) is 89.9 cm³/mol. The van der Waals surface area contributed by atoms with Gasteiger partial charge in [0.15, 0.2) is 5.96 Å². The molecule has 0 fully saturated rings. The van der Waals surface area contributed by atoms with E-state index in [4.69, 9.17) is 0 Å². The highest BCUT2D eigenvalue weighted by Crippen LogP contribution is 2.10. The lowest BCUT2D eigenvalue weighted by Gasteiger charge is -2.16. The summed E-state index contributed by atoms with van der Waals surface area (Å²) in [5.41, 5.74) is 2.13. The van der Waals surface area contributed by atoms with Gasteiger partial charge in [-0.1, -0.05) is 6.07 Å². The Bertz CT molecular complexity index is 419. The van der Waals surface area contributed by atoms with Gasteiger partial charge in [-0.25, -0.2) is 4.39 Å². The second kappa shape index (κ2) is 9.12. The average Bonchev–Trinajstić information content (AvgIpc) is 2.30. The molecule has 0 aliphatic heterocycles. The van der Waals surface area contributed by atoms with Gasteiger partial charge in [0.2, 0.25) is 0 Å². The third-order valence-electron chi connectivity index (χ3n) is 2.71. The molecular weight excluding hydrogens is 356 g/mol. The first-order chi connectivity index (χ1) is 8.54. The molecule has 0 atom stereocenters. The van der Waals surface area contributed by atoms with Gasteiger partial charge in [-0.15, -0.1) is 24.0 Å². The van der Waals surface area contributed by atoms with Crippen molar-refractivity contribution in [1.29, 1.82) is 0 Å². The summed E-state index contributed by atoms with van der Waals surface area (Å²) in [6, 6.07) is 4.90. The van der Waals surface area contributed by atoms with Crippen molar-refractivity contribution in [3.63, 3.8) is 0 Å². The highest BCUT2D eigenvalue weighted by molar-refractivity contribution is 14.0. The summed E-state index contributed by atoms with van der Waals surface area (Å²) in [6.07, 6.45) is 0.828. The van der Waals surface area contributed by atoms with E-state index >= 15 is 0 Å². The van der Waals surface area contributed by atoms with E-state index in [0.717, 1.165) is 30.1 Å². The van der Waals surface area contributed by atoms with Gasteiger partial charge in [0.05, 0.1) is 0 Å². The number of halogens is 2. The zero-order valence-corrected chi connectivity index (χ0v) is 14.4. The van der Waals surface area contributed by atoms with Gasteiger partial charge in [-0.05, 0) is 43.5 Å². The third-order valence-corrected chi connectivity index (χ3v) is 2.71. The summed E-state index contributed by atoms with van der Waals surface area (Å²) >= 11 is 0. The molecule has 1 aromatic rings. The smallest absolute Gasteiger partial charge is 0.193 e. The average molecular weight is 379 g/mol. The number of aliphatic imine (C=N–C) groups is 1. The molecular formula is C14H23FIN3. The Morgan fingerprint density at radius 1 is 1.37 bits per heavy atom. The number of aryl methyl sites for hydroxylation is 1. The lowest BCUT2D eigenvalue weighted by atomic mass is 10.1. The molecule has 3 nitrogen and oxygen atoms in total. The van der Waals surface area contributed by atoms with Crippen LogP contribution in [0.1, 0.15) is 18.1 Å². The Kier molecular flexibility index (Phi) is 8.71. The normalized spacial score (nSPS) is 10.9. The molecule has 0 saturated carbocycles. The summed E-state index contributed by atoms with van der Waals surface area (Å²) in [6.45, 7) is 5.53. The summed E-state index contributed by atoms with van der Waals surface area (Å²) < 4.78 is 13.0. The first kappa shape index (κ1) is 18.1. The molecule has 108 valence electrons. The molecule has 1 aromatic carbocycles. The number of hydrogen-bond acceptors (Lipinski definition) is 1. The van der Waals surface area contributed by atoms with Crippen molar-refractivity contribution in [2.75, 3.05) is 27.2 Å². The van der Waals surface area contributed by atoms with Crippen LogP contribution >= 0.6 is 24.0 Å². The number of rotatable bonds is 4. The lowest BCUT2D eigenvalue weighted by molar-refractivity contribution is 0.583. The molecule has 0 radical (unpaired) electrons. The Hall–Kier alpha value is -0.850. The van der Waals surface area contributed by atoms with Gasteiger partial charge >= 0.3 is 0 Å². The molecule has 5 heteroatoms. The molecule has 19 heavy (non-hydrogen) atoms. The van der Waals surface area contributed by atoms with E-state index in [9.17, 15) is 4.39 Å². The van der Waals surface area contributed by atoms with Crippen molar-refractivity contribution in [1.82, 2.24) is 10.2 Å². The number of hydrogen-bond donors (Lipinski definition) is 1. The number of benzene rings is 1. The first-order valence-corrected chi connectivity index (χ1v) is 6.25. The second-order valence-electron chi connectivity index (χ2n) is 4.45. The van der Waals surface area contributed by atoms with E-state index < -0.39 is 0 Å². The standard InChI is InChI=1S/C14H22FN3.HI/c1-5-16-14(18(3)4)17-9-8-12-6-7-13(15)10-11(12)2;/h6-7,10H,5,8-9H2,1-4H3,(H,16,17);1H. The fourth-order valence-corrected chi connectivity index (χ4v) is 1.74. The van der Waals surface area contributed by atoms with Crippen LogP contribution in [0.25, 0.3) is 0 Å². The molecule has 0 aliphatic rings. The van der Waals surface area contributed by atoms with Gasteiger partial charge in [0.25, 0.3) is 0 Å². The van der Waals surface area contributed by atoms with Crippen molar-refractivity contribution in [2.45, 2.75) is 20.3 Å². The Labute approximate surface area is 132 Å². The van der Waals surface area contributed by atoms with Gasteiger partial charge in [0.1, 0.15) is 5.82 Å². The van der Waals surface area contributed by atoms with Crippen LogP contribution in [0.3, 0.4) is 0 Å². The summed E-state index contributed by atoms with van der Waals surface area (Å²) in [5, 5.41) is 3.21. The minimum Gasteiger partial charge on any atom is -0.357 e. The van der Waals surface area contributed by atoms with Crippen LogP contribution in [0.5, 0.6) is 0 Å². The van der Waals surface area contributed by atoms with E-state index in [1.807, 2.05) is 38.9 Å². The fourth-order valence-electron chi connectivity index (χ4n) is 1.74. The Morgan fingerprint density at radius 3 is 2.58 bits per heavy atom. The SMILES string of the molecule is CCNC(=NCCc1ccc(F)cc1C)N(C)C.I. The summed E-state index contributed by atoms with van der Waals surface area (Å²) in [7, 11) is 3.93. The quantitative estimate of drug-likeness (QED) is 0.495. The number of nitrogens with one attached hydrogen (secondary N) is 1. The minimum absolute atomic E-state index is 0. The zero-order chi connectivity index (χ0) is 13.5. The van der Waals surface area contributed by atoms with Crippen molar-refractivity contribution < 1.29 is 4.39 Å². The largest absolute Gasteiger partial charge is 0.357 e. The maximum absolute atomic E-state index is 13.0. The third kappa shape index (κ3) is 6.22. The van der Waals surface area contributed by atoms with Crippen LogP contribution in [0.2, 0.25) is 0 Å². The molecule has 0 aliphatic carbocycles. The van der Waals surface area contributed by atoms with Gasteiger partial charge < -0.3 is 10.2 Å². The number of nitrogens with zero attached hydrogens (tertiary/aromatic N) is 2. The molecule has 1 N–H and O–H groups in total. The second-order valence-corrected chi connectivity index (χ2v) is 4.45. The van der Waals surface area contributed by atoms with Crippen molar-refractivity contribution in [3.05, 3.63) is 35.1 Å². The minimum atomic E-state index is -0.179. The molecule has 0 amide bonds. The topological polar surface area (TPSA) is 27.6 Å². The highest BCUT2D eigenvalue weighted by atomic mass is 127. The van der Waals surface area contributed by atoms with Gasteiger partial charge in [-0.2, -0.15) is 0 Å². The van der Waals surface area contributed by atoms with Crippen LogP contribution in [-0.2, 0) is 6.42 Å². The monoisotopic (exact) mass is 379 g/mol. The molecule has 0 heterocycles. The Balaban J connectivity index is 0.00000324. The lowest BCUT2D eigenvalue weighted by Crippen LogP contribution is -2.36. The highest BCUT2D eigenvalue weighted by Gasteiger charge is 2.01. The molecule has 0 saturated heterocycles. The predicted octanol–water partition coefficient (Wildman–Crippen LogP) is 2.82.